The summed E-state index contributed by atoms with van der Waals surface area (Å²) in [4.78, 5) is 25.3. The molecule has 1 aliphatic heterocycles. The second-order valence-electron chi connectivity index (χ2n) is 6.26. The van der Waals surface area contributed by atoms with Crippen LogP contribution in [-0.2, 0) is 21.1 Å². The number of fused-ring (bicyclic) bond motifs is 2. The predicted octanol–water partition coefficient (Wildman–Crippen LogP) is 2.61. The molecule has 124 valence electrons. The van der Waals surface area contributed by atoms with Gasteiger partial charge >= 0.3 is 12.1 Å². The van der Waals surface area contributed by atoms with Crippen LogP contribution in [0.15, 0.2) is 18.2 Å². The first kappa shape index (κ1) is 15.8. The van der Waals surface area contributed by atoms with Gasteiger partial charge in [-0.1, -0.05) is 6.92 Å². The highest BCUT2D eigenvalue weighted by molar-refractivity contribution is 5.99. The van der Waals surface area contributed by atoms with Crippen LogP contribution in [0.5, 0.6) is 0 Å². The Morgan fingerprint density at radius 1 is 1.43 bits per heavy atom. The maximum absolute atomic E-state index is 13.0. The lowest BCUT2D eigenvalue weighted by Crippen LogP contribution is -2.46. The number of hydrogen-bond acceptors (Lipinski definition) is 3. The quantitative estimate of drug-likeness (QED) is 0.785. The molecule has 4 nitrogen and oxygen atoms in total. The van der Waals surface area contributed by atoms with Crippen LogP contribution in [0.25, 0.3) is 0 Å². The highest BCUT2D eigenvalue weighted by atomic mass is 19.4. The van der Waals surface area contributed by atoms with Crippen LogP contribution in [0.2, 0.25) is 0 Å². The molecule has 0 radical (unpaired) electrons. The van der Waals surface area contributed by atoms with Gasteiger partial charge in [0, 0.05) is 17.5 Å². The molecule has 23 heavy (non-hydrogen) atoms. The number of methoxy groups -OCH3 is 1. The topological polar surface area (TPSA) is 46.6 Å². The van der Waals surface area contributed by atoms with Crippen LogP contribution in [-0.4, -0.2) is 37.0 Å². The van der Waals surface area contributed by atoms with Crippen LogP contribution < -0.4 is 0 Å². The maximum atomic E-state index is 13.0. The summed E-state index contributed by atoms with van der Waals surface area (Å²) in [6, 6.07) is 3.22. The number of benzene rings is 1. The second-order valence-corrected chi connectivity index (χ2v) is 6.26. The molecule has 1 amide bonds. The van der Waals surface area contributed by atoms with Gasteiger partial charge in [0.2, 0.25) is 0 Å². The summed E-state index contributed by atoms with van der Waals surface area (Å²) in [5, 5.41) is 0. The Morgan fingerprint density at radius 3 is 2.61 bits per heavy atom. The molecule has 1 fully saturated rings. The van der Waals surface area contributed by atoms with Crippen molar-refractivity contribution in [2.24, 2.45) is 5.92 Å². The van der Waals surface area contributed by atoms with E-state index in [1.54, 1.807) is 0 Å². The molecule has 7 heteroatoms. The largest absolute Gasteiger partial charge is 0.468 e. The summed E-state index contributed by atoms with van der Waals surface area (Å²) < 4.78 is 43.5. The number of ether oxygens (including phenoxy) is 1. The molecule has 1 aliphatic carbocycles. The molecule has 0 N–H and O–H groups in total. The van der Waals surface area contributed by atoms with Gasteiger partial charge < -0.3 is 9.64 Å². The first-order valence-corrected chi connectivity index (χ1v) is 7.27. The van der Waals surface area contributed by atoms with E-state index in [4.69, 9.17) is 0 Å². The number of carbonyl (C=O) groups excluding carboxylic acids is 2. The molecule has 0 saturated heterocycles. The van der Waals surface area contributed by atoms with Crippen LogP contribution in [0.4, 0.5) is 13.2 Å². The zero-order valence-electron chi connectivity index (χ0n) is 12.7. The summed E-state index contributed by atoms with van der Waals surface area (Å²) in [7, 11) is 1.23. The zero-order valence-corrected chi connectivity index (χ0v) is 12.7. The van der Waals surface area contributed by atoms with Crippen molar-refractivity contribution < 1.29 is 27.5 Å². The first-order valence-electron chi connectivity index (χ1n) is 7.27. The van der Waals surface area contributed by atoms with E-state index in [0.29, 0.717) is 12.0 Å². The minimum atomic E-state index is -4.44. The van der Waals surface area contributed by atoms with Crippen molar-refractivity contribution in [3.8, 4) is 0 Å². The minimum Gasteiger partial charge on any atom is -0.468 e. The van der Waals surface area contributed by atoms with Gasteiger partial charge in [-0.15, -0.1) is 0 Å². The fourth-order valence-electron chi connectivity index (χ4n) is 3.42. The Bertz CT molecular complexity index is 686. The van der Waals surface area contributed by atoms with Crippen molar-refractivity contribution in [3.63, 3.8) is 0 Å². The van der Waals surface area contributed by atoms with Crippen LogP contribution in [0, 0.1) is 5.92 Å². The van der Waals surface area contributed by atoms with E-state index in [0.717, 1.165) is 12.1 Å². The standard InChI is InChI=1S/C16H16F3NO3/c1-9-6-15(9)8-20(7-13(21)23-2)14(22)11-4-3-10(5-12(11)15)16(17,18)19/h3-5,9H,6-8H2,1-2H3. The molecule has 1 aromatic carbocycles. The molecule has 2 aliphatic rings. The van der Waals surface area contributed by atoms with Crippen LogP contribution in [0.3, 0.4) is 0 Å². The van der Waals surface area contributed by atoms with Crippen molar-refractivity contribution in [1.82, 2.24) is 4.90 Å². The van der Waals surface area contributed by atoms with Gasteiger partial charge in [0.05, 0.1) is 12.7 Å². The third-order valence-corrected chi connectivity index (χ3v) is 4.88. The van der Waals surface area contributed by atoms with Crippen LogP contribution >= 0.6 is 0 Å². The number of carbonyl (C=O) groups is 2. The number of nitrogens with zero attached hydrogens (tertiary/aromatic N) is 1. The van der Waals surface area contributed by atoms with Crippen LogP contribution in [0.1, 0.15) is 34.8 Å². The summed E-state index contributed by atoms with van der Waals surface area (Å²) in [5.41, 5.74) is -0.536. The third kappa shape index (κ3) is 2.48. The molecule has 2 unspecified atom stereocenters. The Morgan fingerprint density at radius 2 is 2.09 bits per heavy atom. The summed E-state index contributed by atoms with van der Waals surface area (Å²) in [6.45, 7) is 2.00. The maximum Gasteiger partial charge on any atom is 0.416 e. The molecule has 1 spiro atoms. The Labute approximate surface area is 131 Å². The van der Waals surface area contributed by atoms with Crippen molar-refractivity contribution in [2.45, 2.75) is 24.9 Å². The smallest absolute Gasteiger partial charge is 0.416 e. The van der Waals surface area contributed by atoms with Crippen molar-refractivity contribution in [1.29, 1.82) is 0 Å². The van der Waals surface area contributed by atoms with Gasteiger partial charge in [-0.2, -0.15) is 13.2 Å². The van der Waals surface area contributed by atoms with Crippen molar-refractivity contribution in [3.05, 3.63) is 34.9 Å². The molecular weight excluding hydrogens is 311 g/mol. The average molecular weight is 327 g/mol. The first-order chi connectivity index (χ1) is 10.7. The zero-order chi connectivity index (χ0) is 17.0. The van der Waals surface area contributed by atoms with E-state index in [2.05, 4.69) is 4.74 Å². The number of halogens is 3. The fourth-order valence-corrected chi connectivity index (χ4v) is 3.42. The highest BCUT2D eigenvalue weighted by Gasteiger charge is 2.58. The lowest BCUT2D eigenvalue weighted by Gasteiger charge is -2.35. The Hall–Kier alpha value is -2.05. The van der Waals surface area contributed by atoms with Crippen molar-refractivity contribution in [2.75, 3.05) is 20.2 Å². The number of rotatable bonds is 2. The van der Waals surface area contributed by atoms with E-state index < -0.39 is 29.0 Å². The summed E-state index contributed by atoms with van der Waals surface area (Å²) in [6.07, 6.45) is -3.74. The lowest BCUT2D eigenvalue weighted by atomic mass is 9.83. The van der Waals surface area contributed by atoms with E-state index in [1.165, 1.54) is 18.1 Å². The van der Waals surface area contributed by atoms with E-state index >= 15 is 0 Å². The molecule has 0 bridgehead atoms. The van der Waals surface area contributed by atoms with Gasteiger partial charge in [0.25, 0.3) is 5.91 Å². The normalized spacial score (nSPS) is 26.2. The summed E-state index contributed by atoms with van der Waals surface area (Å²) in [5.74, 6) is -0.806. The van der Waals surface area contributed by atoms with Gasteiger partial charge in [-0.05, 0) is 36.1 Å². The van der Waals surface area contributed by atoms with Crippen molar-refractivity contribution >= 4 is 11.9 Å². The molecule has 1 saturated carbocycles. The third-order valence-electron chi connectivity index (χ3n) is 4.88. The van der Waals surface area contributed by atoms with Gasteiger partial charge in [0.1, 0.15) is 6.54 Å². The molecule has 2 atom stereocenters. The van der Waals surface area contributed by atoms with E-state index in [1.807, 2.05) is 6.92 Å². The van der Waals surface area contributed by atoms with E-state index in [9.17, 15) is 22.8 Å². The average Bonchev–Trinajstić information content (AvgIpc) is 3.13. The summed E-state index contributed by atoms with van der Waals surface area (Å²) >= 11 is 0. The van der Waals surface area contributed by atoms with Gasteiger partial charge in [-0.3, -0.25) is 9.59 Å². The highest BCUT2D eigenvalue weighted by Crippen LogP contribution is 2.57. The molecule has 0 aromatic heterocycles. The van der Waals surface area contributed by atoms with E-state index in [-0.39, 0.29) is 24.6 Å². The number of alkyl halides is 3. The lowest BCUT2D eigenvalue weighted by molar-refractivity contribution is -0.141. The SMILES string of the molecule is COC(=O)CN1CC2(CC2C)c2cc(C(F)(F)F)ccc2C1=O. The molecule has 1 aromatic rings. The van der Waals surface area contributed by atoms with Gasteiger partial charge in [0.15, 0.2) is 0 Å². The van der Waals surface area contributed by atoms with Gasteiger partial charge in [-0.25, -0.2) is 0 Å². The predicted molar refractivity (Wildman–Crippen MR) is 74.8 cm³/mol. The Kier molecular flexibility index (Phi) is 3.42. The molecule has 3 rings (SSSR count). The molecule has 1 heterocycles. The molecular formula is C16H16F3NO3. The Balaban J connectivity index is 2.03. The number of amides is 1. The monoisotopic (exact) mass is 327 g/mol. The fraction of sp³-hybridized carbons (Fsp3) is 0.500. The number of esters is 1. The second kappa shape index (κ2) is 4.97. The minimum absolute atomic E-state index is 0.165. The number of hydrogen-bond donors (Lipinski definition) is 0.